The van der Waals surface area contributed by atoms with Gasteiger partial charge in [0.05, 0.1) is 0 Å². The van der Waals surface area contributed by atoms with E-state index in [4.69, 9.17) is 5.73 Å². The Morgan fingerprint density at radius 3 is 2.11 bits per heavy atom. The molecule has 0 rings (SSSR count). The van der Waals surface area contributed by atoms with Crippen molar-refractivity contribution in [1.82, 2.24) is 0 Å². The number of quaternary nitrogens is 1. The summed E-state index contributed by atoms with van der Waals surface area (Å²) in [4.78, 5) is 0. The smallest absolute Gasteiger partial charge is 0.135 e. The topological polar surface area (TPSA) is 53.7 Å². The lowest BCUT2D eigenvalue weighted by atomic mass is 10.2. The van der Waals surface area contributed by atoms with E-state index in [2.05, 4.69) is 12.7 Å². The van der Waals surface area contributed by atoms with Crippen molar-refractivity contribution in [1.29, 1.82) is 0 Å². The third-order valence-corrected chi connectivity index (χ3v) is 0.928. The maximum Gasteiger partial charge on any atom is 0.135 e. The molecule has 0 heterocycles. The molecule has 2 nitrogen and oxygen atoms in total. The Morgan fingerprint density at radius 2 is 2.00 bits per heavy atom. The lowest BCUT2D eigenvalue weighted by Gasteiger charge is -1.96. The molecule has 0 saturated heterocycles. The van der Waals surface area contributed by atoms with Gasteiger partial charge < -0.3 is 22.7 Å². The molecule has 0 fully saturated rings. The van der Waals surface area contributed by atoms with Crippen LogP contribution in [0.2, 0.25) is 0 Å². The molecule has 1 unspecified atom stereocenters. The van der Waals surface area contributed by atoms with Gasteiger partial charge in [0, 0.05) is 6.42 Å². The molecule has 9 heavy (non-hydrogen) atoms. The molecule has 0 aromatic heterocycles. The largest absolute Gasteiger partial charge is 1.00 e. The van der Waals surface area contributed by atoms with Gasteiger partial charge in [0.25, 0.3) is 0 Å². The molecule has 0 aromatic rings. The summed E-state index contributed by atoms with van der Waals surface area (Å²) in [5.41, 5.74) is 9.02. The number of halogens is 2. The first-order chi connectivity index (χ1) is 3.27. The van der Waals surface area contributed by atoms with Gasteiger partial charge >= 0.3 is 0 Å². The summed E-state index contributed by atoms with van der Waals surface area (Å²) in [6, 6.07) is 0. The minimum Gasteiger partial charge on any atom is -1.00 e. The van der Waals surface area contributed by atoms with E-state index in [0.29, 0.717) is 0 Å². The van der Waals surface area contributed by atoms with Gasteiger partial charge in [-0.25, -0.2) is 0 Å². The molecule has 0 amide bonds. The Morgan fingerprint density at radius 1 is 1.56 bits per heavy atom. The second-order valence-corrected chi connectivity index (χ2v) is 1.90. The third kappa shape index (κ3) is 17.7. The fourth-order valence-corrected chi connectivity index (χ4v) is 0.466. The highest BCUT2D eigenvalue weighted by Crippen LogP contribution is 1.90. The van der Waals surface area contributed by atoms with Crippen LogP contribution in [0.25, 0.3) is 0 Å². The first kappa shape index (κ1) is 16.5. The van der Waals surface area contributed by atoms with Gasteiger partial charge in [-0.15, -0.1) is 17.0 Å². The maximum atomic E-state index is 5.37. The van der Waals surface area contributed by atoms with Crippen molar-refractivity contribution in [3.63, 3.8) is 0 Å². The normalized spacial score (nSPS) is 11.0. The number of nitrogens with two attached hydrogens (primary N) is 1. The van der Waals surface area contributed by atoms with Crippen molar-refractivity contribution < 1.29 is 22.7 Å². The van der Waals surface area contributed by atoms with Crippen molar-refractivity contribution in [2.75, 3.05) is 0 Å². The molecule has 0 aromatic carbocycles. The Kier molecular flexibility index (Phi) is 21.3. The number of rotatable bonds is 3. The average molecular weight is 264 g/mol. The first-order valence-corrected chi connectivity index (χ1v) is 2.86. The number of hydrogen-bond acceptors (Lipinski definition) is 1. The molecule has 4 heteroatoms. The molecule has 0 spiro atoms. The van der Waals surface area contributed by atoms with Crippen molar-refractivity contribution in [2.45, 2.75) is 32.4 Å². The zero-order valence-corrected chi connectivity index (χ0v) is 9.07. The molecule has 0 bridgehead atoms. The lowest BCUT2D eigenvalue weighted by Crippen LogP contribution is -3.00. The molecular formula is C5H16Br2N2. The van der Waals surface area contributed by atoms with Gasteiger partial charge in [-0.1, -0.05) is 13.3 Å². The first-order valence-electron chi connectivity index (χ1n) is 2.86. The van der Waals surface area contributed by atoms with E-state index >= 15 is 0 Å². The number of hydrogen-bond donors (Lipinski definition) is 2. The zero-order chi connectivity index (χ0) is 5.70. The maximum absolute atomic E-state index is 5.37. The molecule has 0 aliphatic heterocycles. The van der Waals surface area contributed by atoms with Gasteiger partial charge in [0.2, 0.25) is 0 Å². The van der Waals surface area contributed by atoms with Crippen LogP contribution in [0.5, 0.6) is 0 Å². The van der Waals surface area contributed by atoms with E-state index in [1.807, 2.05) is 0 Å². The Bertz CT molecular complexity index is 41.9. The summed E-state index contributed by atoms with van der Waals surface area (Å²) < 4.78 is 0. The van der Waals surface area contributed by atoms with Gasteiger partial charge in [0.1, 0.15) is 6.17 Å². The Balaban J connectivity index is -0.000000180. The standard InChI is InChI=1S/C5H14N2.2BrH/c1-2-3-4-5(6)7;;/h5H,2-4,6-7H2,1H3;2*1H. The van der Waals surface area contributed by atoms with Gasteiger partial charge in [-0.2, -0.15) is 0 Å². The van der Waals surface area contributed by atoms with Crippen LogP contribution >= 0.6 is 17.0 Å². The second-order valence-electron chi connectivity index (χ2n) is 1.90. The number of unbranched alkanes of at least 4 members (excludes halogenated alkanes) is 1. The van der Waals surface area contributed by atoms with Crippen LogP contribution < -0.4 is 28.4 Å². The van der Waals surface area contributed by atoms with Gasteiger partial charge in [-0.3, -0.25) is 5.73 Å². The molecule has 0 aliphatic rings. The van der Waals surface area contributed by atoms with E-state index in [1.54, 1.807) is 0 Å². The average Bonchev–Trinajstić information content (AvgIpc) is 1.61. The molecule has 5 N–H and O–H groups in total. The highest BCUT2D eigenvalue weighted by Gasteiger charge is 1.92. The minimum atomic E-state index is 0. The Hall–Kier alpha value is 0.880. The summed E-state index contributed by atoms with van der Waals surface area (Å²) in [6.45, 7) is 2.16. The fourth-order valence-electron chi connectivity index (χ4n) is 0.466. The van der Waals surface area contributed by atoms with Crippen LogP contribution in [0.15, 0.2) is 0 Å². The van der Waals surface area contributed by atoms with Crippen molar-refractivity contribution >= 4 is 17.0 Å². The van der Waals surface area contributed by atoms with E-state index in [9.17, 15) is 0 Å². The van der Waals surface area contributed by atoms with Crippen LogP contribution in [0, 0.1) is 0 Å². The monoisotopic (exact) mass is 262 g/mol. The molecule has 60 valence electrons. The third-order valence-electron chi connectivity index (χ3n) is 0.928. The SMILES string of the molecule is Br.CCCCC(N)[NH3+].[Br-]. The molecule has 0 radical (unpaired) electrons. The van der Waals surface area contributed by atoms with Crippen LogP contribution in [0.1, 0.15) is 26.2 Å². The predicted octanol–water partition coefficient (Wildman–Crippen LogP) is -2.71. The van der Waals surface area contributed by atoms with Crippen molar-refractivity contribution in [2.24, 2.45) is 5.73 Å². The van der Waals surface area contributed by atoms with Gasteiger partial charge in [-0.05, 0) is 6.42 Å². The quantitative estimate of drug-likeness (QED) is 0.535. The van der Waals surface area contributed by atoms with E-state index in [0.717, 1.165) is 6.42 Å². The van der Waals surface area contributed by atoms with E-state index in [-0.39, 0.29) is 40.1 Å². The molecular weight excluding hydrogens is 248 g/mol. The molecule has 1 atom stereocenters. The summed E-state index contributed by atoms with van der Waals surface area (Å²) in [6.07, 6.45) is 3.66. The zero-order valence-electron chi connectivity index (χ0n) is 5.77. The van der Waals surface area contributed by atoms with E-state index in [1.165, 1.54) is 12.8 Å². The lowest BCUT2D eigenvalue weighted by molar-refractivity contribution is -0.419. The highest BCUT2D eigenvalue weighted by atomic mass is 79.9. The fraction of sp³-hybridized carbons (Fsp3) is 1.00. The van der Waals surface area contributed by atoms with Gasteiger partial charge in [0.15, 0.2) is 0 Å². The molecule has 0 saturated carbocycles. The highest BCUT2D eigenvalue weighted by molar-refractivity contribution is 8.93. The predicted molar refractivity (Wildman–Crippen MR) is 40.7 cm³/mol. The van der Waals surface area contributed by atoms with Crippen LogP contribution in [-0.2, 0) is 0 Å². The summed E-state index contributed by atoms with van der Waals surface area (Å²) in [5.74, 6) is 0. The minimum absolute atomic E-state index is 0. The Labute approximate surface area is 77.9 Å². The summed E-state index contributed by atoms with van der Waals surface area (Å²) >= 11 is 0. The van der Waals surface area contributed by atoms with Crippen molar-refractivity contribution in [3.8, 4) is 0 Å². The van der Waals surface area contributed by atoms with Crippen LogP contribution in [0.4, 0.5) is 0 Å². The van der Waals surface area contributed by atoms with Crippen LogP contribution in [0.3, 0.4) is 0 Å². The molecule has 0 aliphatic carbocycles. The second kappa shape index (κ2) is 11.6. The van der Waals surface area contributed by atoms with Crippen molar-refractivity contribution in [3.05, 3.63) is 0 Å². The summed E-state index contributed by atoms with van der Waals surface area (Å²) in [7, 11) is 0. The van der Waals surface area contributed by atoms with Crippen LogP contribution in [-0.4, -0.2) is 6.17 Å². The van der Waals surface area contributed by atoms with E-state index < -0.39 is 0 Å². The summed E-state index contributed by atoms with van der Waals surface area (Å²) in [5, 5.41) is 0.